The molecule has 0 amide bonds. The minimum absolute atomic E-state index is 0.903. The van der Waals surface area contributed by atoms with Gasteiger partial charge in [0.05, 0.1) is 0 Å². The number of nitrogens with zero attached hydrogens (tertiary/aromatic N) is 2. The highest BCUT2D eigenvalue weighted by atomic mass is 14.7. The van der Waals surface area contributed by atoms with E-state index in [0.717, 1.165) is 49.9 Å². The molecule has 184 valence electrons. The van der Waals surface area contributed by atoms with Crippen LogP contribution < -0.4 is 0 Å². The number of rotatable bonds is 1. The van der Waals surface area contributed by atoms with Crippen LogP contribution in [-0.4, -0.2) is 25.5 Å². The quantitative estimate of drug-likeness (QED) is 0.351. The van der Waals surface area contributed by atoms with Crippen LogP contribution in [0.1, 0.15) is 104 Å². The Balaban J connectivity index is 2.57. The molecule has 0 aromatic heterocycles. The van der Waals surface area contributed by atoms with E-state index in [4.69, 9.17) is 0 Å². The maximum Gasteiger partial charge on any atom is 0.0423 e. The predicted molar refractivity (Wildman–Crippen MR) is 153 cm³/mol. The van der Waals surface area contributed by atoms with Crippen LogP contribution in [0.3, 0.4) is 0 Å². The zero-order valence-electron chi connectivity index (χ0n) is 21.8. The lowest BCUT2D eigenvalue weighted by molar-refractivity contribution is 0.573. The molecule has 1 aliphatic heterocycles. The monoisotopic (exact) mass is 458 g/mol. The van der Waals surface area contributed by atoms with Gasteiger partial charge in [-0.3, -0.25) is 9.98 Å². The molecule has 1 heterocycles. The van der Waals surface area contributed by atoms with Crippen molar-refractivity contribution in [3.63, 3.8) is 0 Å². The van der Waals surface area contributed by atoms with Gasteiger partial charge in [-0.25, -0.2) is 0 Å². The Labute approximate surface area is 210 Å². The third-order valence-corrected chi connectivity index (χ3v) is 5.62. The lowest BCUT2D eigenvalue weighted by Crippen LogP contribution is -1.87. The summed E-state index contributed by atoms with van der Waals surface area (Å²) in [5.74, 6) is 13.2. The SMILES string of the molecule is C\C=C/C=C1C#CCCCCCCC#CC(=C/C)/C=C\C=N\CCCCCCCCCC/N=C/1. The Morgan fingerprint density at radius 3 is 1.85 bits per heavy atom. The van der Waals surface area contributed by atoms with Crippen molar-refractivity contribution in [2.75, 3.05) is 13.1 Å². The van der Waals surface area contributed by atoms with Crippen molar-refractivity contribution < 1.29 is 0 Å². The number of hydrogen-bond acceptors (Lipinski definition) is 2. The zero-order valence-corrected chi connectivity index (χ0v) is 21.8. The maximum atomic E-state index is 4.62. The van der Waals surface area contributed by atoms with Crippen molar-refractivity contribution in [2.24, 2.45) is 9.98 Å². The summed E-state index contributed by atoms with van der Waals surface area (Å²) in [4.78, 5) is 9.12. The fraction of sp³-hybridized carbons (Fsp3) is 0.562. The molecule has 34 heavy (non-hydrogen) atoms. The molecule has 1 rings (SSSR count). The van der Waals surface area contributed by atoms with E-state index < -0.39 is 0 Å². The molecule has 2 heteroatoms. The van der Waals surface area contributed by atoms with Gasteiger partial charge in [0.25, 0.3) is 0 Å². The number of hydrogen-bond donors (Lipinski definition) is 0. The normalized spacial score (nSPS) is 24.2. The second-order valence-corrected chi connectivity index (χ2v) is 8.69. The first-order chi connectivity index (χ1) is 16.9. The van der Waals surface area contributed by atoms with Crippen LogP contribution in [0.15, 0.2) is 57.6 Å². The number of aliphatic imine (C=N–C) groups is 2. The van der Waals surface area contributed by atoms with E-state index >= 15 is 0 Å². The summed E-state index contributed by atoms with van der Waals surface area (Å²) < 4.78 is 0. The van der Waals surface area contributed by atoms with Gasteiger partial charge in [0.1, 0.15) is 0 Å². The van der Waals surface area contributed by atoms with Crippen molar-refractivity contribution in [3.8, 4) is 23.7 Å². The standard InChI is InChI=1S/C32H46N2/c1-3-5-23-32-25-19-15-11-7-6-10-14-18-24-31(4-2)26-22-29-33-27-20-16-12-8-9-13-17-21-28-34-30-32/h3-5,22-23,26,29-30H,6-17,20-21,27-28H2,1-2H3/b5-3-,26-22-,31-4-,32-23-,33-29+,34-30+. The highest BCUT2D eigenvalue weighted by Gasteiger charge is 1.93. The molecule has 0 atom stereocenters. The van der Waals surface area contributed by atoms with Gasteiger partial charge < -0.3 is 0 Å². The van der Waals surface area contributed by atoms with Gasteiger partial charge in [0.15, 0.2) is 0 Å². The van der Waals surface area contributed by atoms with E-state index in [9.17, 15) is 0 Å². The molecule has 0 aromatic carbocycles. The van der Waals surface area contributed by atoms with E-state index in [0.29, 0.717) is 0 Å². The van der Waals surface area contributed by atoms with E-state index in [2.05, 4.69) is 51.9 Å². The summed E-state index contributed by atoms with van der Waals surface area (Å²) in [6.45, 7) is 5.90. The van der Waals surface area contributed by atoms with Gasteiger partial charge in [0, 0.05) is 49.5 Å². The smallest absolute Gasteiger partial charge is 0.0423 e. The topological polar surface area (TPSA) is 24.7 Å². The summed E-state index contributed by atoms with van der Waals surface area (Å²) in [5.41, 5.74) is 2.08. The van der Waals surface area contributed by atoms with Gasteiger partial charge in [-0.05, 0) is 57.8 Å². The molecule has 1 aliphatic rings. The van der Waals surface area contributed by atoms with Crippen molar-refractivity contribution in [2.45, 2.75) is 104 Å². The third kappa shape index (κ3) is 18.9. The van der Waals surface area contributed by atoms with Crippen LogP contribution in [0.5, 0.6) is 0 Å². The van der Waals surface area contributed by atoms with E-state index in [1.165, 1.54) is 64.2 Å². The third-order valence-electron chi connectivity index (χ3n) is 5.62. The first kappa shape index (κ1) is 29.5. The fourth-order valence-corrected chi connectivity index (χ4v) is 3.55. The summed E-state index contributed by atoms with van der Waals surface area (Å²) in [6, 6.07) is 0. The van der Waals surface area contributed by atoms with Crippen LogP contribution in [-0.2, 0) is 0 Å². The van der Waals surface area contributed by atoms with Gasteiger partial charge >= 0.3 is 0 Å². The lowest BCUT2D eigenvalue weighted by Gasteiger charge is -2.00. The van der Waals surface area contributed by atoms with Gasteiger partial charge in [-0.2, -0.15) is 0 Å². The molecule has 0 fully saturated rings. The van der Waals surface area contributed by atoms with Gasteiger partial charge in [-0.1, -0.05) is 93.3 Å². The van der Waals surface area contributed by atoms with E-state index in [1.807, 2.05) is 44.5 Å². The summed E-state index contributed by atoms with van der Waals surface area (Å²) in [5, 5.41) is 0. The summed E-state index contributed by atoms with van der Waals surface area (Å²) >= 11 is 0. The predicted octanol–water partition coefficient (Wildman–Crippen LogP) is 8.61. The fourth-order valence-electron chi connectivity index (χ4n) is 3.55. The van der Waals surface area contributed by atoms with Crippen molar-refractivity contribution >= 4 is 12.4 Å². The second kappa shape index (κ2) is 23.6. The Hall–Kier alpha value is -2.58. The molecule has 0 radical (unpaired) electrons. The highest BCUT2D eigenvalue weighted by Crippen LogP contribution is 2.09. The van der Waals surface area contributed by atoms with Crippen molar-refractivity contribution in [3.05, 3.63) is 47.6 Å². The van der Waals surface area contributed by atoms with E-state index in [1.54, 1.807) is 0 Å². The van der Waals surface area contributed by atoms with Crippen molar-refractivity contribution in [1.82, 2.24) is 0 Å². The Kier molecular flexibility index (Phi) is 20.4. The first-order valence-electron chi connectivity index (χ1n) is 13.5. The van der Waals surface area contributed by atoms with E-state index in [-0.39, 0.29) is 0 Å². The Morgan fingerprint density at radius 2 is 1.24 bits per heavy atom. The largest absolute Gasteiger partial charge is 0.293 e. The maximum absolute atomic E-state index is 4.62. The van der Waals surface area contributed by atoms with Crippen LogP contribution >= 0.6 is 0 Å². The molecule has 0 unspecified atom stereocenters. The van der Waals surface area contributed by atoms with Crippen LogP contribution in [0.25, 0.3) is 0 Å². The average Bonchev–Trinajstić information content (AvgIpc) is 2.85. The zero-order chi connectivity index (χ0) is 24.4. The first-order valence-corrected chi connectivity index (χ1v) is 13.5. The molecule has 2 nitrogen and oxygen atoms in total. The Morgan fingerprint density at radius 1 is 0.676 bits per heavy atom. The van der Waals surface area contributed by atoms with Gasteiger partial charge in [-0.15, -0.1) is 0 Å². The number of allylic oxidation sites excluding steroid dienone is 8. The Bertz CT molecular complexity index is 813. The molecular weight excluding hydrogens is 412 g/mol. The van der Waals surface area contributed by atoms with Crippen molar-refractivity contribution in [1.29, 1.82) is 0 Å². The molecule has 0 bridgehead atoms. The molecule has 0 saturated heterocycles. The molecule has 0 aliphatic carbocycles. The molecular formula is C32H46N2. The molecule has 0 saturated carbocycles. The molecule has 0 spiro atoms. The van der Waals surface area contributed by atoms with Crippen LogP contribution in [0, 0.1) is 23.7 Å². The van der Waals surface area contributed by atoms with Crippen LogP contribution in [0.4, 0.5) is 0 Å². The van der Waals surface area contributed by atoms with Gasteiger partial charge in [0.2, 0.25) is 0 Å². The minimum Gasteiger partial charge on any atom is -0.293 e. The summed E-state index contributed by atoms with van der Waals surface area (Å²) in [6.07, 6.45) is 33.0. The average molecular weight is 459 g/mol. The lowest BCUT2D eigenvalue weighted by atomic mass is 10.1. The summed E-state index contributed by atoms with van der Waals surface area (Å²) in [7, 11) is 0. The van der Waals surface area contributed by atoms with Crippen LogP contribution in [0.2, 0.25) is 0 Å². The molecule has 0 N–H and O–H groups in total. The minimum atomic E-state index is 0.903. The molecule has 0 aromatic rings. The second-order valence-electron chi connectivity index (χ2n) is 8.69. The highest BCUT2D eigenvalue weighted by molar-refractivity contribution is 5.85.